The Morgan fingerprint density at radius 3 is 2.52 bits per heavy atom. The van der Waals surface area contributed by atoms with Gasteiger partial charge in [0.1, 0.15) is 6.04 Å². The maximum atomic E-state index is 13.3. The maximum absolute atomic E-state index is 13.3. The van der Waals surface area contributed by atoms with Crippen LogP contribution in [0.4, 0.5) is 22.0 Å². The number of carbonyl (C=O) groups excluding carboxylic acids is 2. The van der Waals surface area contributed by atoms with Crippen LogP contribution in [0, 0.1) is 22.7 Å². The number of alkyl halides is 5. The number of hydrogen-bond acceptors (Lipinski definition) is 4. The van der Waals surface area contributed by atoms with E-state index in [2.05, 4.69) is 0 Å². The van der Waals surface area contributed by atoms with Crippen molar-refractivity contribution >= 4 is 11.8 Å². The molecule has 1 N–H and O–H groups in total. The zero-order chi connectivity index (χ0) is 20.4. The number of nitrogens with one attached hydrogen (secondary N) is 1. The molecule has 1 aromatic rings. The molecule has 0 aromatic heterocycles. The van der Waals surface area contributed by atoms with Gasteiger partial charge in [-0.25, -0.2) is 8.78 Å². The van der Waals surface area contributed by atoms with Crippen LogP contribution < -0.4 is 5.32 Å². The fraction of sp³-hybridized carbons (Fsp3) is 0.375. The Hall–Kier alpha value is -3.21. The Morgan fingerprint density at radius 2 is 1.96 bits per heavy atom. The normalized spacial score (nSPS) is 18.5. The fourth-order valence-corrected chi connectivity index (χ4v) is 2.57. The second-order valence-electron chi connectivity index (χ2n) is 5.78. The van der Waals surface area contributed by atoms with E-state index >= 15 is 0 Å². The molecule has 0 bridgehead atoms. The molecule has 1 unspecified atom stereocenters. The van der Waals surface area contributed by atoms with Gasteiger partial charge in [-0.05, 0) is 18.2 Å². The second kappa shape index (κ2) is 7.19. The van der Waals surface area contributed by atoms with Crippen LogP contribution >= 0.6 is 0 Å². The lowest BCUT2D eigenvalue weighted by Gasteiger charge is -2.19. The monoisotopic (exact) mass is 386 g/mol. The molecule has 2 amide bonds. The highest BCUT2D eigenvalue weighted by molar-refractivity contribution is 5.96. The van der Waals surface area contributed by atoms with E-state index in [-0.39, 0.29) is 0 Å². The summed E-state index contributed by atoms with van der Waals surface area (Å²) in [7, 11) is 0. The number of hydrogen-bond donors (Lipinski definition) is 1. The van der Waals surface area contributed by atoms with E-state index in [1.54, 1.807) is 6.07 Å². The largest absolute Gasteiger partial charge is 0.417 e. The predicted molar refractivity (Wildman–Crippen MR) is 79.2 cm³/mol. The van der Waals surface area contributed by atoms with Crippen molar-refractivity contribution in [3.8, 4) is 12.1 Å². The minimum Gasteiger partial charge on any atom is -0.343 e. The Bertz CT molecular complexity index is 854. The third-order valence-corrected chi connectivity index (χ3v) is 3.85. The molecule has 2 rings (SSSR count). The lowest BCUT2D eigenvalue weighted by atomic mass is 10.0. The van der Waals surface area contributed by atoms with Crippen molar-refractivity contribution < 1.29 is 31.5 Å². The molecule has 1 fully saturated rings. The highest BCUT2D eigenvalue weighted by atomic mass is 19.4. The van der Waals surface area contributed by atoms with Crippen LogP contribution in [0.5, 0.6) is 0 Å². The van der Waals surface area contributed by atoms with Crippen molar-refractivity contribution in [1.82, 2.24) is 10.2 Å². The third-order valence-electron chi connectivity index (χ3n) is 3.85. The summed E-state index contributed by atoms with van der Waals surface area (Å²) in [5.41, 5.74) is -2.45. The van der Waals surface area contributed by atoms with Crippen LogP contribution in [-0.2, 0) is 11.0 Å². The summed E-state index contributed by atoms with van der Waals surface area (Å²) in [5.74, 6) is -5.25. The molecule has 1 atom stereocenters. The molecular formula is C16H11F5N4O2. The van der Waals surface area contributed by atoms with E-state index < -0.39 is 66.2 Å². The van der Waals surface area contributed by atoms with Gasteiger partial charge in [-0.1, -0.05) is 0 Å². The van der Waals surface area contributed by atoms with Crippen molar-refractivity contribution in [2.24, 2.45) is 0 Å². The van der Waals surface area contributed by atoms with E-state index in [0.29, 0.717) is 11.0 Å². The Kier molecular flexibility index (Phi) is 5.36. The standard InChI is InChI=1S/C16H11F5N4O2/c17-15(18)4-11(6-23)25(8-15)13(26)7-24-14(27)9-1-2-10(5-22)12(3-9)16(19,20)21/h1-3,11H,4,7-8H2,(H,24,27). The minimum absolute atomic E-state index is 0.459. The summed E-state index contributed by atoms with van der Waals surface area (Å²) in [6.45, 7) is -1.75. The molecular weight excluding hydrogens is 375 g/mol. The number of halogens is 5. The number of nitrogens with zero attached hydrogens (tertiary/aromatic N) is 3. The van der Waals surface area contributed by atoms with Crippen LogP contribution in [0.15, 0.2) is 18.2 Å². The van der Waals surface area contributed by atoms with Gasteiger partial charge in [0.05, 0.1) is 36.4 Å². The lowest BCUT2D eigenvalue weighted by Crippen LogP contribution is -2.43. The molecule has 27 heavy (non-hydrogen) atoms. The molecule has 1 saturated heterocycles. The van der Waals surface area contributed by atoms with Gasteiger partial charge in [0.2, 0.25) is 5.91 Å². The molecule has 11 heteroatoms. The van der Waals surface area contributed by atoms with Crippen LogP contribution in [0.1, 0.15) is 27.9 Å². The SMILES string of the molecule is N#Cc1ccc(C(=O)NCC(=O)N2CC(F)(F)CC2C#N)cc1C(F)(F)F. The first-order valence-corrected chi connectivity index (χ1v) is 7.45. The van der Waals surface area contributed by atoms with Crippen molar-refractivity contribution in [2.75, 3.05) is 13.1 Å². The van der Waals surface area contributed by atoms with Crippen LogP contribution in [0.2, 0.25) is 0 Å². The summed E-state index contributed by atoms with van der Waals surface area (Å²) in [5, 5.41) is 19.6. The van der Waals surface area contributed by atoms with Gasteiger partial charge < -0.3 is 10.2 Å². The predicted octanol–water partition coefficient (Wildman–Crippen LogP) is 2.07. The quantitative estimate of drug-likeness (QED) is 0.805. The van der Waals surface area contributed by atoms with E-state index in [4.69, 9.17) is 10.5 Å². The molecule has 6 nitrogen and oxygen atoms in total. The van der Waals surface area contributed by atoms with Crippen LogP contribution in [-0.4, -0.2) is 41.8 Å². The minimum atomic E-state index is -4.86. The van der Waals surface area contributed by atoms with E-state index in [1.165, 1.54) is 6.07 Å². The van der Waals surface area contributed by atoms with Crippen molar-refractivity contribution in [2.45, 2.75) is 24.6 Å². The smallest absolute Gasteiger partial charge is 0.343 e. The molecule has 0 saturated carbocycles. The number of amides is 2. The fourth-order valence-electron chi connectivity index (χ4n) is 2.57. The van der Waals surface area contributed by atoms with E-state index in [0.717, 1.165) is 12.1 Å². The first kappa shape index (κ1) is 20.1. The summed E-state index contributed by atoms with van der Waals surface area (Å²) in [6.07, 6.45) is -5.69. The second-order valence-corrected chi connectivity index (χ2v) is 5.78. The Labute approximate surface area is 149 Å². The van der Waals surface area contributed by atoms with Gasteiger partial charge in [0.15, 0.2) is 0 Å². The zero-order valence-electron chi connectivity index (χ0n) is 13.5. The van der Waals surface area contributed by atoms with Crippen molar-refractivity contribution in [3.63, 3.8) is 0 Å². The Morgan fingerprint density at radius 1 is 1.30 bits per heavy atom. The third kappa shape index (κ3) is 4.50. The average molecular weight is 386 g/mol. The summed E-state index contributed by atoms with van der Waals surface area (Å²) in [4.78, 5) is 24.6. The van der Waals surface area contributed by atoms with E-state index in [9.17, 15) is 31.5 Å². The first-order valence-electron chi connectivity index (χ1n) is 7.45. The van der Waals surface area contributed by atoms with Crippen LogP contribution in [0.3, 0.4) is 0 Å². The number of likely N-dealkylation sites (tertiary alicyclic amines) is 1. The van der Waals surface area contributed by atoms with Crippen LogP contribution in [0.25, 0.3) is 0 Å². The Balaban J connectivity index is 2.09. The number of benzene rings is 1. The molecule has 0 spiro atoms. The molecule has 1 aliphatic rings. The molecule has 1 aromatic carbocycles. The topological polar surface area (TPSA) is 97.0 Å². The highest BCUT2D eigenvalue weighted by Crippen LogP contribution is 2.33. The van der Waals surface area contributed by atoms with Gasteiger partial charge in [-0.2, -0.15) is 23.7 Å². The number of nitriles is 2. The summed E-state index contributed by atoms with van der Waals surface area (Å²) < 4.78 is 65.4. The van der Waals surface area contributed by atoms with Gasteiger partial charge in [0.25, 0.3) is 11.8 Å². The first-order chi connectivity index (χ1) is 12.5. The number of rotatable bonds is 3. The van der Waals surface area contributed by atoms with E-state index in [1.807, 2.05) is 5.32 Å². The average Bonchev–Trinajstić information content (AvgIpc) is 2.93. The molecule has 142 valence electrons. The lowest BCUT2D eigenvalue weighted by molar-refractivity contribution is -0.137. The zero-order valence-corrected chi connectivity index (χ0v) is 13.5. The summed E-state index contributed by atoms with van der Waals surface area (Å²) >= 11 is 0. The summed E-state index contributed by atoms with van der Waals surface area (Å²) in [6, 6.07) is 3.81. The maximum Gasteiger partial charge on any atom is 0.417 e. The van der Waals surface area contributed by atoms with Crippen molar-refractivity contribution in [1.29, 1.82) is 10.5 Å². The number of carbonyl (C=O) groups is 2. The van der Waals surface area contributed by atoms with Gasteiger partial charge in [-0.15, -0.1) is 0 Å². The van der Waals surface area contributed by atoms with Crippen molar-refractivity contribution in [3.05, 3.63) is 34.9 Å². The van der Waals surface area contributed by atoms with Gasteiger partial charge in [0, 0.05) is 12.0 Å². The van der Waals surface area contributed by atoms with Gasteiger partial charge >= 0.3 is 6.18 Å². The van der Waals surface area contributed by atoms with Gasteiger partial charge in [-0.3, -0.25) is 9.59 Å². The molecule has 0 radical (unpaired) electrons. The highest BCUT2D eigenvalue weighted by Gasteiger charge is 2.47. The molecule has 1 heterocycles. The molecule has 0 aliphatic carbocycles. The molecule has 1 aliphatic heterocycles.